The topological polar surface area (TPSA) is 3.24 Å². The van der Waals surface area contributed by atoms with E-state index in [2.05, 4.69) is 93.5 Å². The van der Waals surface area contributed by atoms with Gasteiger partial charge in [0.1, 0.15) is 0 Å². The second-order valence-corrected chi connectivity index (χ2v) is 6.15. The number of benzene rings is 2. The molecule has 0 amide bonds. The molecular weight excluding hydrogens is 314 g/mol. The van der Waals surface area contributed by atoms with Crippen LogP contribution in [0.3, 0.4) is 0 Å². The molecule has 0 saturated carbocycles. The standard InChI is InChI=1S/C21H27N.2C2H6/c1-5-6-10-17(2)19(15-16-22(3)4)21-14-9-12-18-11-7-8-13-20(18)21;2*1-2/h5-14,19H,15-16H2,1-4H3;2*1-2H3/b6-5-,17-10+;;. The lowest BCUT2D eigenvalue weighted by Crippen LogP contribution is -2.16. The van der Waals surface area contributed by atoms with Gasteiger partial charge in [-0.1, -0.05) is 94.0 Å². The third-order valence-electron chi connectivity index (χ3n) is 4.16. The highest BCUT2D eigenvalue weighted by molar-refractivity contribution is 5.86. The van der Waals surface area contributed by atoms with Crippen LogP contribution in [-0.2, 0) is 0 Å². The molecule has 1 unspecified atom stereocenters. The van der Waals surface area contributed by atoms with E-state index in [1.807, 2.05) is 27.7 Å². The molecule has 0 aromatic heterocycles. The smallest absolute Gasteiger partial charge is 0.00668 e. The Hall–Kier alpha value is -1.86. The van der Waals surface area contributed by atoms with Crippen LogP contribution in [0.2, 0.25) is 0 Å². The minimum absolute atomic E-state index is 0.463. The van der Waals surface area contributed by atoms with Crippen LogP contribution in [0, 0.1) is 0 Å². The Morgan fingerprint density at radius 3 is 2.19 bits per heavy atom. The molecule has 0 aliphatic carbocycles. The van der Waals surface area contributed by atoms with Gasteiger partial charge in [0.2, 0.25) is 0 Å². The van der Waals surface area contributed by atoms with E-state index in [1.54, 1.807) is 0 Å². The number of allylic oxidation sites excluding steroid dienone is 4. The van der Waals surface area contributed by atoms with Crippen molar-refractivity contribution in [2.24, 2.45) is 0 Å². The fourth-order valence-corrected chi connectivity index (χ4v) is 2.93. The van der Waals surface area contributed by atoms with Gasteiger partial charge in [0, 0.05) is 5.92 Å². The van der Waals surface area contributed by atoms with Gasteiger partial charge in [-0.3, -0.25) is 0 Å². The van der Waals surface area contributed by atoms with Crippen molar-refractivity contribution in [3.63, 3.8) is 0 Å². The molecule has 1 heteroatoms. The van der Waals surface area contributed by atoms with Crippen LogP contribution in [-0.4, -0.2) is 25.5 Å². The van der Waals surface area contributed by atoms with Gasteiger partial charge in [-0.15, -0.1) is 0 Å². The average Bonchev–Trinajstić information content (AvgIpc) is 2.69. The molecule has 0 N–H and O–H groups in total. The number of nitrogens with zero attached hydrogens (tertiary/aromatic N) is 1. The number of rotatable bonds is 6. The van der Waals surface area contributed by atoms with E-state index in [4.69, 9.17) is 0 Å². The fraction of sp³-hybridized carbons (Fsp3) is 0.440. The molecule has 144 valence electrons. The highest BCUT2D eigenvalue weighted by Gasteiger charge is 2.16. The average molecular weight is 354 g/mol. The summed E-state index contributed by atoms with van der Waals surface area (Å²) >= 11 is 0. The van der Waals surface area contributed by atoms with Crippen LogP contribution in [0.4, 0.5) is 0 Å². The molecule has 2 aromatic rings. The Bertz CT molecular complexity index is 659. The predicted octanol–water partition coefficient (Wildman–Crippen LogP) is 7.45. The number of fused-ring (bicyclic) bond motifs is 1. The van der Waals surface area contributed by atoms with E-state index in [0.717, 1.165) is 13.0 Å². The maximum absolute atomic E-state index is 2.29. The summed E-state index contributed by atoms with van der Waals surface area (Å²) in [5.41, 5.74) is 2.87. The van der Waals surface area contributed by atoms with Gasteiger partial charge in [-0.2, -0.15) is 0 Å². The quantitative estimate of drug-likeness (QED) is 0.487. The van der Waals surface area contributed by atoms with E-state index in [1.165, 1.54) is 21.9 Å². The molecule has 0 heterocycles. The van der Waals surface area contributed by atoms with Gasteiger partial charge in [0.05, 0.1) is 0 Å². The van der Waals surface area contributed by atoms with Crippen molar-refractivity contribution < 1.29 is 0 Å². The lowest BCUT2D eigenvalue weighted by Gasteiger charge is -2.22. The van der Waals surface area contributed by atoms with Gasteiger partial charge in [0.25, 0.3) is 0 Å². The Balaban J connectivity index is 0.00000146. The zero-order valence-corrected chi connectivity index (χ0v) is 18.2. The van der Waals surface area contributed by atoms with E-state index in [9.17, 15) is 0 Å². The first-order chi connectivity index (χ1) is 12.6. The fourth-order valence-electron chi connectivity index (χ4n) is 2.93. The molecule has 1 atom stereocenters. The van der Waals surface area contributed by atoms with Gasteiger partial charge >= 0.3 is 0 Å². The molecule has 0 fully saturated rings. The summed E-state index contributed by atoms with van der Waals surface area (Å²) < 4.78 is 0. The summed E-state index contributed by atoms with van der Waals surface area (Å²) in [6, 6.07) is 15.4. The largest absolute Gasteiger partial charge is 0.309 e. The van der Waals surface area contributed by atoms with Crippen LogP contribution >= 0.6 is 0 Å². The lowest BCUT2D eigenvalue weighted by atomic mass is 9.85. The van der Waals surface area contributed by atoms with E-state index >= 15 is 0 Å². The van der Waals surface area contributed by atoms with Gasteiger partial charge in [-0.05, 0) is 57.2 Å². The third kappa shape index (κ3) is 7.58. The molecule has 0 spiro atoms. The maximum atomic E-state index is 2.29. The van der Waals surface area contributed by atoms with Gasteiger partial charge in [-0.25, -0.2) is 0 Å². The zero-order valence-electron chi connectivity index (χ0n) is 18.2. The molecule has 26 heavy (non-hydrogen) atoms. The minimum atomic E-state index is 0.463. The lowest BCUT2D eigenvalue weighted by molar-refractivity contribution is 0.390. The Morgan fingerprint density at radius 2 is 1.58 bits per heavy atom. The summed E-state index contributed by atoms with van der Waals surface area (Å²) in [6.45, 7) is 13.4. The molecule has 2 aromatic carbocycles. The summed E-state index contributed by atoms with van der Waals surface area (Å²) in [6.07, 6.45) is 7.63. The maximum Gasteiger partial charge on any atom is 0.00668 e. The van der Waals surface area contributed by atoms with Crippen molar-refractivity contribution in [2.75, 3.05) is 20.6 Å². The molecule has 0 aliphatic heterocycles. The summed E-state index contributed by atoms with van der Waals surface area (Å²) in [4.78, 5) is 2.26. The molecular formula is C25H39N. The highest BCUT2D eigenvalue weighted by atomic mass is 15.0. The van der Waals surface area contributed by atoms with Crippen molar-refractivity contribution in [1.82, 2.24) is 4.90 Å². The van der Waals surface area contributed by atoms with Crippen LogP contribution in [0.15, 0.2) is 66.3 Å². The van der Waals surface area contributed by atoms with Crippen LogP contribution in [0.1, 0.15) is 59.4 Å². The summed E-state index contributed by atoms with van der Waals surface area (Å²) in [7, 11) is 4.29. The number of hydrogen-bond donors (Lipinski definition) is 0. The zero-order chi connectivity index (χ0) is 19.9. The Kier molecular flexibility index (Phi) is 13.3. The summed E-state index contributed by atoms with van der Waals surface area (Å²) in [5.74, 6) is 0.463. The van der Waals surface area contributed by atoms with Crippen LogP contribution in [0.5, 0.6) is 0 Å². The first-order valence-electron chi connectivity index (χ1n) is 10.1. The van der Waals surface area contributed by atoms with Gasteiger partial charge in [0.15, 0.2) is 0 Å². The molecule has 0 radical (unpaired) electrons. The molecule has 2 rings (SSSR count). The highest BCUT2D eigenvalue weighted by Crippen LogP contribution is 2.33. The Labute approximate surface area is 162 Å². The van der Waals surface area contributed by atoms with Crippen molar-refractivity contribution in [2.45, 2.75) is 53.9 Å². The monoisotopic (exact) mass is 353 g/mol. The SMILES string of the molecule is C/C=C\C=C(/C)C(CCN(C)C)c1cccc2ccccc12.CC.CC. The normalized spacial score (nSPS) is 12.4. The molecule has 0 saturated heterocycles. The second-order valence-electron chi connectivity index (χ2n) is 6.15. The van der Waals surface area contributed by atoms with Crippen molar-refractivity contribution in [1.29, 1.82) is 0 Å². The molecule has 0 bridgehead atoms. The Morgan fingerprint density at radius 1 is 0.962 bits per heavy atom. The molecule has 1 nitrogen and oxygen atoms in total. The predicted molar refractivity (Wildman–Crippen MR) is 121 cm³/mol. The first kappa shape index (κ1) is 24.1. The van der Waals surface area contributed by atoms with Crippen molar-refractivity contribution in [3.05, 3.63) is 71.8 Å². The van der Waals surface area contributed by atoms with Crippen LogP contribution in [0.25, 0.3) is 10.8 Å². The molecule has 0 aliphatic rings. The van der Waals surface area contributed by atoms with Crippen LogP contribution < -0.4 is 0 Å². The first-order valence-corrected chi connectivity index (χ1v) is 10.1. The number of hydrogen-bond acceptors (Lipinski definition) is 1. The van der Waals surface area contributed by atoms with E-state index in [0.29, 0.717) is 5.92 Å². The second kappa shape index (κ2) is 14.3. The van der Waals surface area contributed by atoms with E-state index < -0.39 is 0 Å². The van der Waals surface area contributed by atoms with Crippen molar-refractivity contribution >= 4 is 10.8 Å². The minimum Gasteiger partial charge on any atom is -0.309 e. The third-order valence-corrected chi connectivity index (χ3v) is 4.16. The van der Waals surface area contributed by atoms with Crippen molar-refractivity contribution in [3.8, 4) is 0 Å². The van der Waals surface area contributed by atoms with E-state index in [-0.39, 0.29) is 0 Å². The summed E-state index contributed by atoms with van der Waals surface area (Å²) in [5, 5.41) is 2.70. The van der Waals surface area contributed by atoms with Gasteiger partial charge < -0.3 is 4.90 Å².